The van der Waals surface area contributed by atoms with Crippen molar-refractivity contribution in [2.24, 2.45) is 0 Å². The summed E-state index contributed by atoms with van der Waals surface area (Å²) in [7, 11) is 3.50. The minimum absolute atomic E-state index is 0.00984. The molecule has 2 aromatic rings. The summed E-state index contributed by atoms with van der Waals surface area (Å²) in [6.07, 6.45) is 0. The van der Waals surface area contributed by atoms with Crippen LogP contribution in [-0.2, 0) is 6.54 Å². The van der Waals surface area contributed by atoms with E-state index in [1.54, 1.807) is 19.0 Å². The monoisotopic (exact) mass is 299 g/mol. The molecule has 1 atom stereocenters. The van der Waals surface area contributed by atoms with Gasteiger partial charge in [0.15, 0.2) is 0 Å². The smallest absolute Gasteiger partial charge is 0.269 e. The molecular weight excluding hydrogens is 278 g/mol. The largest absolute Gasteiger partial charge is 0.493 e. The number of para-hydroxylation sites is 1. The van der Waals surface area contributed by atoms with Crippen LogP contribution in [-0.4, -0.2) is 43.0 Å². The van der Waals surface area contributed by atoms with E-state index in [1.807, 2.05) is 30.3 Å². The van der Waals surface area contributed by atoms with Gasteiger partial charge in [-0.1, -0.05) is 18.2 Å². The lowest BCUT2D eigenvalue weighted by molar-refractivity contribution is 0.0822. The lowest BCUT2D eigenvalue weighted by Crippen LogP contribution is -2.23. The fraction of sp³-hybridized carbons (Fsp3) is 0.353. The lowest BCUT2D eigenvalue weighted by Gasteiger charge is -2.10. The van der Waals surface area contributed by atoms with Crippen LogP contribution in [0, 0.1) is 0 Å². The second kappa shape index (κ2) is 6.23. The van der Waals surface area contributed by atoms with Gasteiger partial charge in [0.25, 0.3) is 5.91 Å². The first-order valence-electron chi connectivity index (χ1n) is 7.47. The van der Waals surface area contributed by atoms with Gasteiger partial charge in [-0.3, -0.25) is 4.79 Å². The Bertz CT molecular complexity index is 663. The zero-order valence-corrected chi connectivity index (χ0v) is 12.9. The molecule has 1 aliphatic heterocycles. The summed E-state index contributed by atoms with van der Waals surface area (Å²) in [6.45, 7) is 2.29. The standard InChI is InChI=1S/C17H21N3O2/c1-20(2)17(21)15-8-7-13(19-15)10-18-9-12-11-22-16-6-4-3-5-14(12)16/h3-8,12,18-19H,9-11H2,1-2H3. The van der Waals surface area contributed by atoms with Gasteiger partial charge in [-0.2, -0.15) is 0 Å². The Hall–Kier alpha value is -2.27. The Morgan fingerprint density at radius 3 is 2.95 bits per heavy atom. The van der Waals surface area contributed by atoms with Crippen LogP contribution in [0.15, 0.2) is 36.4 Å². The number of aromatic amines is 1. The highest BCUT2D eigenvalue weighted by atomic mass is 16.5. The highest BCUT2D eigenvalue weighted by molar-refractivity contribution is 5.92. The predicted octanol–water partition coefficient (Wildman–Crippen LogP) is 1.98. The van der Waals surface area contributed by atoms with Crippen molar-refractivity contribution in [1.82, 2.24) is 15.2 Å². The number of H-pyrrole nitrogens is 1. The molecule has 2 N–H and O–H groups in total. The molecule has 0 bridgehead atoms. The summed E-state index contributed by atoms with van der Waals surface area (Å²) in [4.78, 5) is 16.6. The Morgan fingerprint density at radius 2 is 2.14 bits per heavy atom. The lowest BCUT2D eigenvalue weighted by atomic mass is 10.0. The molecule has 0 fully saturated rings. The molecule has 1 aromatic carbocycles. The maximum atomic E-state index is 11.8. The minimum atomic E-state index is -0.00984. The second-order valence-corrected chi connectivity index (χ2v) is 5.77. The van der Waals surface area contributed by atoms with Crippen molar-refractivity contribution in [3.63, 3.8) is 0 Å². The van der Waals surface area contributed by atoms with Gasteiger partial charge in [0.1, 0.15) is 11.4 Å². The third-order valence-electron chi connectivity index (χ3n) is 3.89. The van der Waals surface area contributed by atoms with Crippen LogP contribution in [0.25, 0.3) is 0 Å². The molecule has 2 heterocycles. The molecule has 5 heteroatoms. The fourth-order valence-corrected chi connectivity index (χ4v) is 2.69. The zero-order valence-electron chi connectivity index (χ0n) is 12.9. The van der Waals surface area contributed by atoms with Crippen molar-refractivity contribution in [2.45, 2.75) is 12.5 Å². The summed E-state index contributed by atoms with van der Waals surface area (Å²) < 4.78 is 5.68. The predicted molar refractivity (Wildman–Crippen MR) is 85.2 cm³/mol. The summed E-state index contributed by atoms with van der Waals surface area (Å²) in [5, 5.41) is 3.43. The van der Waals surface area contributed by atoms with E-state index in [0.717, 1.165) is 24.6 Å². The van der Waals surface area contributed by atoms with Gasteiger partial charge >= 0.3 is 0 Å². The second-order valence-electron chi connectivity index (χ2n) is 5.77. The maximum absolute atomic E-state index is 11.8. The van der Waals surface area contributed by atoms with E-state index in [1.165, 1.54) is 5.56 Å². The number of carbonyl (C=O) groups is 1. The molecule has 0 spiro atoms. The molecule has 116 valence electrons. The van der Waals surface area contributed by atoms with Crippen LogP contribution < -0.4 is 10.1 Å². The van der Waals surface area contributed by atoms with Gasteiger partial charge in [0, 0.05) is 44.4 Å². The first-order valence-corrected chi connectivity index (χ1v) is 7.47. The number of hydrogen-bond donors (Lipinski definition) is 2. The van der Waals surface area contributed by atoms with Crippen LogP contribution in [0.3, 0.4) is 0 Å². The number of ether oxygens (including phenoxy) is 1. The van der Waals surface area contributed by atoms with Crippen LogP contribution in [0.5, 0.6) is 5.75 Å². The Balaban J connectivity index is 1.53. The van der Waals surface area contributed by atoms with Crippen molar-refractivity contribution >= 4 is 5.91 Å². The van der Waals surface area contributed by atoms with E-state index in [9.17, 15) is 4.79 Å². The van der Waals surface area contributed by atoms with Crippen molar-refractivity contribution in [2.75, 3.05) is 27.2 Å². The van der Waals surface area contributed by atoms with Crippen molar-refractivity contribution in [3.05, 3.63) is 53.3 Å². The highest BCUT2D eigenvalue weighted by Crippen LogP contribution is 2.32. The highest BCUT2D eigenvalue weighted by Gasteiger charge is 2.22. The molecule has 3 rings (SSSR count). The maximum Gasteiger partial charge on any atom is 0.269 e. The number of nitrogens with one attached hydrogen (secondary N) is 2. The van der Waals surface area contributed by atoms with E-state index in [0.29, 0.717) is 18.2 Å². The van der Waals surface area contributed by atoms with E-state index < -0.39 is 0 Å². The van der Waals surface area contributed by atoms with Crippen LogP contribution in [0.4, 0.5) is 0 Å². The number of hydrogen-bond acceptors (Lipinski definition) is 3. The number of amides is 1. The molecule has 1 amide bonds. The van der Waals surface area contributed by atoms with Crippen molar-refractivity contribution in [3.8, 4) is 5.75 Å². The fourth-order valence-electron chi connectivity index (χ4n) is 2.69. The number of rotatable bonds is 5. The van der Waals surface area contributed by atoms with E-state index in [2.05, 4.69) is 16.4 Å². The van der Waals surface area contributed by atoms with Gasteiger partial charge in [-0.05, 0) is 18.2 Å². The topological polar surface area (TPSA) is 57.4 Å². The third kappa shape index (κ3) is 2.99. The van der Waals surface area contributed by atoms with Gasteiger partial charge < -0.3 is 19.9 Å². The van der Waals surface area contributed by atoms with Crippen molar-refractivity contribution < 1.29 is 9.53 Å². The summed E-state index contributed by atoms with van der Waals surface area (Å²) in [6, 6.07) is 12.0. The Labute approximate surface area is 130 Å². The SMILES string of the molecule is CN(C)C(=O)c1ccc(CNCC2COc3ccccc32)[nH]1. The number of fused-ring (bicyclic) bond motifs is 1. The van der Waals surface area contributed by atoms with Crippen LogP contribution in [0.1, 0.15) is 27.7 Å². The summed E-state index contributed by atoms with van der Waals surface area (Å²) in [5.41, 5.74) is 2.90. The van der Waals surface area contributed by atoms with Crippen LogP contribution >= 0.6 is 0 Å². The number of carbonyl (C=O) groups excluding carboxylic acids is 1. The van der Waals surface area contributed by atoms with Crippen LogP contribution in [0.2, 0.25) is 0 Å². The van der Waals surface area contributed by atoms with E-state index in [4.69, 9.17) is 4.74 Å². The van der Waals surface area contributed by atoms with Crippen molar-refractivity contribution in [1.29, 1.82) is 0 Å². The molecule has 0 radical (unpaired) electrons. The normalized spacial score (nSPS) is 16.2. The van der Waals surface area contributed by atoms with Gasteiger partial charge in [-0.15, -0.1) is 0 Å². The Kier molecular flexibility index (Phi) is 4.15. The first kappa shape index (κ1) is 14.7. The average molecular weight is 299 g/mol. The Morgan fingerprint density at radius 1 is 1.32 bits per heavy atom. The third-order valence-corrected chi connectivity index (χ3v) is 3.89. The molecule has 1 unspecified atom stereocenters. The molecule has 0 saturated carbocycles. The van der Waals surface area contributed by atoms with E-state index >= 15 is 0 Å². The zero-order chi connectivity index (χ0) is 15.5. The molecule has 22 heavy (non-hydrogen) atoms. The molecule has 0 saturated heterocycles. The minimum Gasteiger partial charge on any atom is -0.493 e. The van der Waals surface area contributed by atoms with Gasteiger partial charge in [0.2, 0.25) is 0 Å². The quantitative estimate of drug-likeness (QED) is 0.887. The summed E-state index contributed by atoms with van der Waals surface area (Å²) in [5.74, 6) is 1.37. The molecule has 1 aromatic heterocycles. The number of nitrogens with zero attached hydrogens (tertiary/aromatic N) is 1. The molecule has 0 aliphatic carbocycles. The first-order chi connectivity index (χ1) is 10.6. The number of benzene rings is 1. The van der Waals surface area contributed by atoms with E-state index in [-0.39, 0.29) is 5.91 Å². The van der Waals surface area contributed by atoms with Gasteiger partial charge in [0.05, 0.1) is 6.61 Å². The molecular formula is C17H21N3O2. The molecule has 5 nitrogen and oxygen atoms in total. The molecule has 1 aliphatic rings. The summed E-state index contributed by atoms with van der Waals surface area (Å²) >= 11 is 0. The average Bonchev–Trinajstić information content (AvgIpc) is 3.14. The van der Waals surface area contributed by atoms with Gasteiger partial charge in [-0.25, -0.2) is 0 Å². The number of aromatic nitrogens is 1.